The molecule has 2 aromatic rings. The summed E-state index contributed by atoms with van der Waals surface area (Å²) in [6, 6.07) is 20.6. The van der Waals surface area contributed by atoms with Gasteiger partial charge in [-0.1, -0.05) is 48.5 Å². The molecule has 26 heavy (non-hydrogen) atoms. The smallest absolute Gasteiger partial charge is 0.119 e. The molecule has 0 saturated carbocycles. The van der Waals surface area contributed by atoms with Crippen LogP contribution in [0.4, 0.5) is 0 Å². The zero-order valence-corrected chi connectivity index (χ0v) is 15.4. The summed E-state index contributed by atoms with van der Waals surface area (Å²) in [4.78, 5) is 2.68. The summed E-state index contributed by atoms with van der Waals surface area (Å²) in [5, 5.41) is 0. The van der Waals surface area contributed by atoms with Gasteiger partial charge in [0, 0.05) is 25.7 Å². The lowest BCUT2D eigenvalue weighted by Crippen LogP contribution is -2.37. The fourth-order valence-corrected chi connectivity index (χ4v) is 4.18. The van der Waals surface area contributed by atoms with Crippen LogP contribution in [0, 0.1) is 0 Å². The van der Waals surface area contributed by atoms with Crippen molar-refractivity contribution in [3.8, 4) is 5.75 Å². The third-order valence-electron chi connectivity index (χ3n) is 5.53. The molecule has 0 spiro atoms. The van der Waals surface area contributed by atoms with Crippen molar-refractivity contribution in [2.24, 2.45) is 0 Å². The normalized spacial score (nSPS) is 22.3. The molecule has 2 bridgehead atoms. The highest BCUT2D eigenvalue weighted by atomic mass is 16.5. The van der Waals surface area contributed by atoms with E-state index in [2.05, 4.69) is 65.6 Å². The first-order valence-electron chi connectivity index (χ1n) is 9.56. The van der Waals surface area contributed by atoms with E-state index in [1.54, 1.807) is 7.11 Å². The standard InChI is InChI=1S/C23H27NO2/c1-25-13-14-26-23-11-7-19(8-12-23)20-15-21-9-10-22(16-20)24(21)17-18-5-3-2-4-6-18/h2-8,11-12,15,21-22H,9-10,13-14,16-17H2,1H3. The van der Waals surface area contributed by atoms with E-state index < -0.39 is 0 Å². The van der Waals surface area contributed by atoms with Crippen LogP contribution in [0.2, 0.25) is 0 Å². The second-order valence-electron chi connectivity index (χ2n) is 7.22. The van der Waals surface area contributed by atoms with Gasteiger partial charge in [-0.2, -0.15) is 0 Å². The monoisotopic (exact) mass is 349 g/mol. The Balaban J connectivity index is 1.44. The van der Waals surface area contributed by atoms with Crippen LogP contribution in [-0.2, 0) is 11.3 Å². The summed E-state index contributed by atoms with van der Waals surface area (Å²) in [5.74, 6) is 0.913. The van der Waals surface area contributed by atoms with Gasteiger partial charge in [0.05, 0.1) is 6.61 Å². The number of methoxy groups -OCH3 is 1. The SMILES string of the molecule is COCCOc1ccc(C2=CC3CCC(C2)N3Cc2ccccc2)cc1. The van der Waals surface area contributed by atoms with Gasteiger partial charge in [0.2, 0.25) is 0 Å². The second kappa shape index (κ2) is 8.07. The Kier molecular flexibility index (Phi) is 5.37. The van der Waals surface area contributed by atoms with Crippen molar-refractivity contribution >= 4 is 5.57 Å². The van der Waals surface area contributed by atoms with E-state index in [0.29, 0.717) is 25.3 Å². The van der Waals surface area contributed by atoms with Gasteiger partial charge >= 0.3 is 0 Å². The van der Waals surface area contributed by atoms with Crippen LogP contribution in [-0.4, -0.2) is 37.3 Å². The average Bonchev–Trinajstić information content (AvgIpc) is 2.91. The third kappa shape index (κ3) is 3.84. The molecule has 0 aliphatic carbocycles. The lowest BCUT2D eigenvalue weighted by Gasteiger charge is -2.34. The molecular formula is C23H27NO2. The largest absolute Gasteiger partial charge is 0.491 e. The van der Waals surface area contributed by atoms with Crippen molar-refractivity contribution in [1.29, 1.82) is 0 Å². The predicted octanol–water partition coefficient (Wildman–Crippen LogP) is 4.53. The maximum atomic E-state index is 5.67. The zero-order valence-electron chi connectivity index (χ0n) is 15.4. The average molecular weight is 349 g/mol. The molecule has 4 rings (SSSR count). The van der Waals surface area contributed by atoms with Crippen molar-refractivity contribution in [2.45, 2.75) is 37.9 Å². The number of benzene rings is 2. The molecule has 2 atom stereocenters. The Morgan fingerprint density at radius 2 is 1.77 bits per heavy atom. The van der Waals surface area contributed by atoms with E-state index in [4.69, 9.17) is 9.47 Å². The molecule has 2 heterocycles. The Morgan fingerprint density at radius 3 is 2.50 bits per heavy atom. The molecule has 3 heteroatoms. The van der Waals surface area contributed by atoms with Crippen molar-refractivity contribution < 1.29 is 9.47 Å². The fraction of sp³-hybridized carbons (Fsp3) is 0.391. The molecule has 136 valence electrons. The summed E-state index contributed by atoms with van der Waals surface area (Å²) in [6.45, 7) is 2.27. The maximum absolute atomic E-state index is 5.67. The van der Waals surface area contributed by atoms with E-state index in [1.165, 1.54) is 29.5 Å². The first-order valence-corrected chi connectivity index (χ1v) is 9.56. The molecule has 1 fully saturated rings. The molecule has 2 aliphatic rings. The van der Waals surface area contributed by atoms with Gasteiger partial charge in [0.15, 0.2) is 0 Å². The number of hydrogen-bond donors (Lipinski definition) is 0. The van der Waals surface area contributed by atoms with Crippen LogP contribution < -0.4 is 4.74 Å². The number of hydrogen-bond acceptors (Lipinski definition) is 3. The number of ether oxygens (including phenoxy) is 2. The first-order chi connectivity index (χ1) is 12.8. The minimum atomic E-state index is 0.571. The van der Waals surface area contributed by atoms with Crippen molar-refractivity contribution in [2.75, 3.05) is 20.3 Å². The third-order valence-corrected chi connectivity index (χ3v) is 5.53. The highest BCUT2D eigenvalue weighted by Gasteiger charge is 2.36. The van der Waals surface area contributed by atoms with Crippen LogP contribution in [0.15, 0.2) is 60.7 Å². The van der Waals surface area contributed by atoms with Crippen LogP contribution in [0.25, 0.3) is 5.57 Å². The Hall–Kier alpha value is -2.10. The van der Waals surface area contributed by atoms with Crippen LogP contribution >= 0.6 is 0 Å². The topological polar surface area (TPSA) is 21.7 Å². The second-order valence-corrected chi connectivity index (χ2v) is 7.22. The summed E-state index contributed by atoms with van der Waals surface area (Å²) < 4.78 is 10.7. The predicted molar refractivity (Wildman–Crippen MR) is 105 cm³/mol. The van der Waals surface area contributed by atoms with Crippen LogP contribution in [0.1, 0.15) is 30.4 Å². The quantitative estimate of drug-likeness (QED) is 0.686. The fourth-order valence-electron chi connectivity index (χ4n) is 4.18. The van der Waals surface area contributed by atoms with Crippen molar-refractivity contribution in [1.82, 2.24) is 4.90 Å². The minimum absolute atomic E-state index is 0.571. The Morgan fingerprint density at radius 1 is 0.962 bits per heavy atom. The Bertz CT molecular complexity index is 739. The van der Waals surface area contributed by atoms with E-state index >= 15 is 0 Å². The molecule has 2 unspecified atom stereocenters. The van der Waals surface area contributed by atoms with Crippen LogP contribution in [0.3, 0.4) is 0 Å². The Labute approximate surface area is 156 Å². The highest BCUT2D eigenvalue weighted by Crippen LogP contribution is 2.39. The van der Waals surface area contributed by atoms with Gasteiger partial charge in [-0.3, -0.25) is 4.90 Å². The van der Waals surface area contributed by atoms with E-state index in [9.17, 15) is 0 Å². The van der Waals surface area contributed by atoms with E-state index in [-0.39, 0.29) is 0 Å². The lowest BCUT2D eigenvalue weighted by atomic mass is 9.94. The van der Waals surface area contributed by atoms with Crippen LogP contribution in [0.5, 0.6) is 5.75 Å². The number of rotatable bonds is 7. The minimum Gasteiger partial charge on any atom is -0.491 e. The summed E-state index contributed by atoms with van der Waals surface area (Å²) in [7, 11) is 1.69. The molecule has 0 radical (unpaired) electrons. The highest BCUT2D eigenvalue weighted by molar-refractivity contribution is 5.68. The molecule has 0 N–H and O–H groups in total. The van der Waals surface area contributed by atoms with Gasteiger partial charge in [0.1, 0.15) is 12.4 Å². The molecule has 0 aromatic heterocycles. The number of fused-ring (bicyclic) bond motifs is 2. The van der Waals surface area contributed by atoms with Crippen molar-refractivity contribution in [3.05, 3.63) is 71.8 Å². The molecular weight excluding hydrogens is 322 g/mol. The van der Waals surface area contributed by atoms with Gasteiger partial charge in [0.25, 0.3) is 0 Å². The number of nitrogens with zero attached hydrogens (tertiary/aromatic N) is 1. The zero-order chi connectivity index (χ0) is 17.8. The lowest BCUT2D eigenvalue weighted by molar-refractivity contribution is 0.146. The summed E-state index contributed by atoms with van der Waals surface area (Å²) >= 11 is 0. The molecule has 1 saturated heterocycles. The first kappa shape index (κ1) is 17.3. The van der Waals surface area contributed by atoms with Gasteiger partial charge in [-0.15, -0.1) is 0 Å². The molecule has 0 amide bonds. The molecule has 3 nitrogen and oxygen atoms in total. The maximum Gasteiger partial charge on any atom is 0.119 e. The van der Waals surface area contributed by atoms with Gasteiger partial charge in [-0.25, -0.2) is 0 Å². The van der Waals surface area contributed by atoms with E-state index in [0.717, 1.165) is 18.7 Å². The molecule has 2 aromatic carbocycles. The summed E-state index contributed by atoms with van der Waals surface area (Å²) in [6.07, 6.45) is 6.22. The summed E-state index contributed by atoms with van der Waals surface area (Å²) in [5.41, 5.74) is 4.24. The van der Waals surface area contributed by atoms with Crippen molar-refractivity contribution in [3.63, 3.8) is 0 Å². The van der Waals surface area contributed by atoms with E-state index in [1.807, 2.05) is 0 Å². The van der Waals surface area contributed by atoms with Gasteiger partial charge < -0.3 is 9.47 Å². The molecule has 2 aliphatic heterocycles. The van der Waals surface area contributed by atoms with Gasteiger partial charge in [-0.05, 0) is 48.1 Å².